The van der Waals surface area contributed by atoms with E-state index in [1.165, 1.54) is 12.7 Å². The van der Waals surface area contributed by atoms with Gasteiger partial charge in [0.05, 0.1) is 6.67 Å². The summed E-state index contributed by atoms with van der Waals surface area (Å²) in [6, 6.07) is 0. The maximum absolute atomic E-state index is 4.00. The van der Waals surface area contributed by atoms with Gasteiger partial charge in [-0.2, -0.15) is 0 Å². The molecular formula is C5H6N6. The number of aliphatic imine (C=N–C) groups is 3. The van der Waals surface area contributed by atoms with Crippen LogP contribution in [0.5, 0.6) is 0 Å². The molecule has 1 N–H and O–H groups in total. The molecule has 6 heteroatoms. The Bertz CT molecular complexity index is 262. The van der Waals surface area contributed by atoms with Gasteiger partial charge in [0.25, 0.3) is 0 Å². The van der Waals surface area contributed by atoms with Crippen LogP contribution in [0.2, 0.25) is 0 Å². The van der Waals surface area contributed by atoms with Gasteiger partial charge in [0.1, 0.15) is 12.7 Å². The zero-order valence-corrected chi connectivity index (χ0v) is 5.68. The Balaban J connectivity index is 2.28. The fraction of sp³-hybridized carbons (Fsp3) is 0.400. The van der Waals surface area contributed by atoms with Gasteiger partial charge < -0.3 is 0 Å². The quantitative estimate of drug-likeness (QED) is 0.510. The molecule has 2 heterocycles. The molecule has 0 spiro atoms. The average molecular weight is 150 g/mol. The smallest absolute Gasteiger partial charge is 0.192 e. The number of hydrogen-bond acceptors (Lipinski definition) is 6. The number of azo groups is 1. The summed E-state index contributed by atoms with van der Waals surface area (Å²) in [4.78, 5) is 11.8. The molecule has 0 aromatic rings. The summed E-state index contributed by atoms with van der Waals surface area (Å²) in [7, 11) is 0. The van der Waals surface area contributed by atoms with Crippen molar-refractivity contribution in [1.29, 1.82) is 0 Å². The molecule has 56 valence electrons. The topological polar surface area (TPSA) is 73.8 Å². The van der Waals surface area contributed by atoms with Crippen LogP contribution in [0, 0.1) is 0 Å². The van der Waals surface area contributed by atoms with Crippen LogP contribution in [0.25, 0.3) is 0 Å². The Kier molecular flexibility index (Phi) is 1.53. The van der Waals surface area contributed by atoms with E-state index < -0.39 is 0 Å². The van der Waals surface area contributed by atoms with Crippen LogP contribution in [0.1, 0.15) is 0 Å². The second kappa shape index (κ2) is 2.67. The lowest BCUT2D eigenvalue weighted by Crippen LogP contribution is -2.34. The Morgan fingerprint density at radius 2 is 2.45 bits per heavy atom. The molecule has 0 saturated carbocycles. The van der Waals surface area contributed by atoms with Crippen molar-refractivity contribution in [2.24, 2.45) is 25.2 Å². The third kappa shape index (κ3) is 1.20. The normalized spacial score (nSPS) is 27.6. The zero-order chi connectivity index (χ0) is 7.52. The first kappa shape index (κ1) is 6.29. The van der Waals surface area contributed by atoms with Gasteiger partial charge in [-0.1, -0.05) is 0 Å². The molecule has 11 heavy (non-hydrogen) atoms. The summed E-state index contributed by atoms with van der Waals surface area (Å²) in [5.74, 6) is 0.564. The fourth-order valence-corrected chi connectivity index (χ4v) is 0.823. The number of fused-ring (bicyclic) bond motifs is 1. The van der Waals surface area contributed by atoms with Crippen LogP contribution in [-0.2, 0) is 0 Å². The molecule has 0 saturated heterocycles. The van der Waals surface area contributed by atoms with Gasteiger partial charge in [-0.3, -0.25) is 10.3 Å². The number of amidine groups is 1. The molecule has 0 amide bonds. The summed E-state index contributed by atoms with van der Waals surface area (Å²) in [6.45, 7) is 0.518. The van der Waals surface area contributed by atoms with E-state index in [9.17, 15) is 0 Å². The minimum atomic E-state index is -0.171. The number of nitrogens with zero attached hydrogens (tertiary/aromatic N) is 5. The first-order valence-corrected chi connectivity index (χ1v) is 3.19. The summed E-state index contributed by atoms with van der Waals surface area (Å²) in [6.07, 6.45) is 2.69. The third-order valence-electron chi connectivity index (χ3n) is 1.32. The van der Waals surface area contributed by atoms with E-state index in [1.807, 2.05) is 0 Å². The summed E-state index contributed by atoms with van der Waals surface area (Å²) >= 11 is 0. The second-order valence-corrected chi connectivity index (χ2v) is 2.03. The molecule has 0 aromatic heterocycles. The number of nitrogens with one attached hydrogen (secondary N) is 1. The highest BCUT2D eigenvalue weighted by atomic mass is 15.3. The largest absolute Gasteiger partial charge is 0.270 e. The molecular weight excluding hydrogens is 144 g/mol. The fourth-order valence-electron chi connectivity index (χ4n) is 0.823. The number of hydrogen-bond donors (Lipinski definition) is 1. The molecule has 2 aliphatic heterocycles. The maximum atomic E-state index is 4.00. The highest BCUT2D eigenvalue weighted by molar-refractivity contribution is 5.95. The van der Waals surface area contributed by atoms with Gasteiger partial charge in [-0.25, -0.2) is 9.98 Å². The van der Waals surface area contributed by atoms with Crippen molar-refractivity contribution in [2.75, 3.05) is 6.67 Å². The van der Waals surface area contributed by atoms with Crippen LogP contribution >= 0.6 is 0 Å². The van der Waals surface area contributed by atoms with Crippen LogP contribution in [0.4, 0.5) is 0 Å². The molecule has 0 radical (unpaired) electrons. The Hall–Kier alpha value is -1.43. The number of rotatable bonds is 0. The predicted octanol–water partition coefficient (Wildman–Crippen LogP) is -0.206. The lowest BCUT2D eigenvalue weighted by molar-refractivity contribution is 0.652. The lowest BCUT2D eigenvalue weighted by Gasteiger charge is -2.10. The van der Waals surface area contributed by atoms with Crippen LogP contribution in [0.3, 0.4) is 0 Å². The Morgan fingerprint density at radius 1 is 1.45 bits per heavy atom. The standard InChI is InChI=1S/C5H6N6/c1-6-2-8-5-4(7-1)9-3-10-11-5/h2-4,7H,1H2. The van der Waals surface area contributed by atoms with E-state index in [2.05, 4.69) is 30.5 Å². The average Bonchev–Trinajstić information content (AvgIpc) is 2.28. The SMILES string of the molecule is C1=NCNC2N=CN=NC2=N1. The van der Waals surface area contributed by atoms with E-state index in [4.69, 9.17) is 0 Å². The van der Waals surface area contributed by atoms with Crippen molar-refractivity contribution in [2.45, 2.75) is 6.17 Å². The van der Waals surface area contributed by atoms with Crippen molar-refractivity contribution in [3.05, 3.63) is 0 Å². The van der Waals surface area contributed by atoms with Crippen LogP contribution < -0.4 is 5.32 Å². The Labute approximate surface area is 62.9 Å². The van der Waals surface area contributed by atoms with E-state index in [0.29, 0.717) is 12.5 Å². The van der Waals surface area contributed by atoms with Crippen molar-refractivity contribution >= 4 is 18.5 Å². The maximum Gasteiger partial charge on any atom is 0.192 e. The first-order valence-electron chi connectivity index (χ1n) is 3.19. The second-order valence-electron chi connectivity index (χ2n) is 2.03. The van der Waals surface area contributed by atoms with Crippen LogP contribution in [-0.4, -0.2) is 31.3 Å². The molecule has 2 aliphatic rings. The van der Waals surface area contributed by atoms with Gasteiger partial charge >= 0.3 is 0 Å². The van der Waals surface area contributed by atoms with Crippen molar-refractivity contribution in [3.63, 3.8) is 0 Å². The molecule has 1 unspecified atom stereocenters. The van der Waals surface area contributed by atoms with Gasteiger partial charge in [-0.05, 0) is 0 Å². The van der Waals surface area contributed by atoms with Crippen LogP contribution in [0.15, 0.2) is 25.2 Å². The summed E-state index contributed by atoms with van der Waals surface area (Å²) in [5.41, 5.74) is 0. The molecule has 0 aromatic carbocycles. The van der Waals surface area contributed by atoms with E-state index >= 15 is 0 Å². The lowest BCUT2D eigenvalue weighted by atomic mass is 10.4. The van der Waals surface area contributed by atoms with Crippen molar-refractivity contribution in [3.8, 4) is 0 Å². The van der Waals surface area contributed by atoms with Crippen molar-refractivity contribution in [1.82, 2.24) is 5.32 Å². The summed E-state index contributed by atoms with van der Waals surface area (Å²) in [5, 5.41) is 10.4. The van der Waals surface area contributed by atoms with Gasteiger partial charge in [0, 0.05) is 0 Å². The predicted molar refractivity (Wildman–Crippen MR) is 41.1 cm³/mol. The van der Waals surface area contributed by atoms with E-state index in [0.717, 1.165) is 0 Å². The van der Waals surface area contributed by atoms with Gasteiger partial charge in [0.15, 0.2) is 12.0 Å². The monoisotopic (exact) mass is 150 g/mol. The van der Waals surface area contributed by atoms with Crippen molar-refractivity contribution < 1.29 is 0 Å². The Morgan fingerprint density at radius 3 is 3.45 bits per heavy atom. The molecule has 2 rings (SSSR count). The minimum absolute atomic E-state index is 0.171. The first-order chi connectivity index (χ1) is 5.47. The summed E-state index contributed by atoms with van der Waals surface area (Å²) < 4.78 is 0. The zero-order valence-electron chi connectivity index (χ0n) is 5.68. The highest BCUT2D eigenvalue weighted by Gasteiger charge is 2.16. The van der Waals surface area contributed by atoms with E-state index in [-0.39, 0.29) is 6.17 Å². The highest BCUT2D eigenvalue weighted by Crippen LogP contribution is 2.00. The van der Waals surface area contributed by atoms with Gasteiger partial charge in [-0.15, -0.1) is 10.2 Å². The van der Waals surface area contributed by atoms with E-state index in [1.54, 1.807) is 0 Å². The van der Waals surface area contributed by atoms with Gasteiger partial charge in [0.2, 0.25) is 0 Å². The molecule has 0 aliphatic carbocycles. The molecule has 1 atom stereocenters. The molecule has 0 bridgehead atoms. The minimum Gasteiger partial charge on any atom is -0.270 e. The molecule has 6 nitrogen and oxygen atoms in total. The third-order valence-corrected chi connectivity index (χ3v) is 1.32. The molecule has 0 fully saturated rings.